The third kappa shape index (κ3) is 7.33. The fourth-order valence-corrected chi connectivity index (χ4v) is 2.67. The van der Waals surface area contributed by atoms with Crippen molar-refractivity contribution in [1.29, 1.82) is 5.26 Å². The Morgan fingerprint density at radius 3 is 2.57 bits per heavy atom. The van der Waals surface area contributed by atoms with Crippen LogP contribution in [0.4, 0.5) is 4.79 Å². The lowest BCUT2D eigenvalue weighted by molar-refractivity contribution is 0.0473. The number of nitrogens with one attached hydrogen (secondary N) is 1. The van der Waals surface area contributed by atoms with Gasteiger partial charge in [-0.05, 0) is 72.5 Å². The normalized spacial score (nSPS) is 18.8. The van der Waals surface area contributed by atoms with E-state index in [0.717, 1.165) is 38.9 Å². The molecule has 5 nitrogen and oxygen atoms in total. The Morgan fingerprint density at radius 2 is 2.05 bits per heavy atom. The van der Waals surface area contributed by atoms with Crippen molar-refractivity contribution in [2.75, 3.05) is 19.6 Å². The van der Waals surface area contributed by atoms with Gasteiger partial charge in [-0.15, -0.1) is 0 Å². The SMILES string of the molecule is CC(NC(=O)OC(C)(C)C)C1CCN(CCCC#N)CC1. The van der Waals surface area contributed by atoms with E-state index in [0.29, 0.717) is 12.3 Å². The summed E-state index contributed by atoms with van der Waals surface area (Å²) in [7, 11) is 0. The van der Waals surface area contributed by atoms with Crippen LogP contribution in [-0.2, 0) is 4.74 Å². The van der Waals surface area contributed by atoms with Crippen molar-refractivity contribution in [2.24, 2.45) is 5.92 Å². The summed E-state index contributed by atoms with van der Waals surface area (Å²) in [5.74, 6) is 0.504. The summed E-state index contributed by atoms with van der Waals surface area (Å²) in [6.07, 6.45) is 3.43. The molecule has 5 heteroatoms. The Bertz CT molecular complexity index is 363. The topological polar surface area (TPSA) is 65.4 Å². The second-order valence-corrected chi connectivity index (χ2v) is 6.88. The molecule has 1 heterocycles. The van der Waals surface area contributed by atoms with Gasteiger partial charge in [0.1, 0.15) is 5.60 Å². The molecule has 1 fully saturated rings. The van der Waals surface area contributed by atoms with Crippen LogP contribution in [0.25, 0.3) is 0 Å². The van der Waals surface area contributed by atoms with Gasteiger partial charge < -0.3 is 15.0 Å². The summed E-state index contributed by atoms with van der Waals surface area (Å²) in [6, 6.07) is 2.33. The number of nitriles is 1. The van der Waals surface area contributed by atoms with E-state index in [1.165, 1.54) is 0 Å². The maximum atomic E-state index is 11.8. The number of hydrogen-bond acceptors (Lipinski definition) is 4. The highest BCUT2D eigenvalue weighted by molar-refractivity contribution is 5.68. The molecule has 1 aliphatic heterocycles. The molecule has 0 spiro atoms. The van der Waals surface area contributed by atoms with Crippen LogP contribution >= 0.6 is 0 Å². The number of nitrogens with zero attached hydrogens (tertiary/aromatic N) is 2. The number of alkyl carbamates (subject to hydrolysis) is 1. The number of hydrogen-bond donors (Lipinski definition) is 1. The van der Waals surface area contributed by atoms with Crippen LogP contribution in [0.1, 0.15) is 53.4 Å². The Labute approximate surface area is 128 Å². The number of ether oxygens (including phenoxy) is 1. The number of carbonyl (C=O) groups is 1. The molecule has 0 bridgehead atoms. The van der Waals surface area contributed by atoms with Gasteiger partial charge in [-0.25, -0.2) is 4.79 Å². The van der Waals surface area contributed by atoms with E-state index in [1.54, 1.807) is 0 Å². The summed E-state index contributed by atoms with van der Waals surface area (Å²) < 4.78 is 5.29. The van der Waals surface area contributed by atoms with Gasteiger partial charge in [-0.3, -0.25) is 0 Å². The molecule has 0 aliphatic carbocycles. The molecule has 0 aromatic heterocycles. The molecule has 0 saturated carbocycles. The molecule has 1 saturated heterocycles. The van der Waals surface area contributed by atoms with Crippen LogP contribution in [0.5, 0.6) is 0 Å². The predicted octanol–water partition coefficient (Wildman–Crippen LogP) is 2.92. The first-order chi connectivity index (χ1) is 9.81. The summed E-state index contributed by atoms with van der Waals surface area (Å²) in [5.41, 5.74) is -0.450. The van der Waals surface area contributed by atoms with Crippen molar-refractivity contribution in [3.05, 3.63) is 0 Å². The van der Waals surface area contributed by atoms with Crippen LogP contribution in [0.2, 0.25) is 0 Å². The largest absolute Gasteiger partial charge is 0.444 e. The zero-order chi connectivity index (χ0) is 15.9. The molecule has 1 atom stereocenters. The minimum Gasteiger partial charge on any atom is -0.444 e. The Hall–Kier alpha value is -1.28. The first-order valence-corrected chi connectivity index (χ1v) is 7.90. The Morgan fingerprint density at radius 1 is 1.43 bits per heavy atom. The third-order valence-electron chi connectivity index (χ3n) is 3.85. The first kappa shape index (κ1) is 17.8. The molecule has 1 N–H and O–H groups in total. The average Bonchev–Trinajstić information content (AvgIpc) is 2.37. The first-order valence-electron chi connectivity index (χ1n) is 7.90. The van der Waals surface area contributed by atoms with E-state index < -0.39 is 5.60 Å². The molecule has 1 unspecified atom stereocenters. The van der Waals surface area contributed by atoms with Crippen LogP contribution in [0.3, 0.4) is 0 Å². The number of amides is 1. The zero-order valence-corrected chi connectivity index (χ0v) is 13.8. The van der Waals surface area contributed by atoms with Crippen molar-refractivity contribution in [3.8, 4) is 6.07 Å². The fourth-order valence-electron chi connectivity index (χ4n) is 2.67. The lowest BCUT2D eigenvalue weighted by Crippen LogP contribution is -2.45. The van der Waals surface area contributed by atoms with Gasteiger partial charge in [-0.2, -0.15) is 5.26 Å². The molecule has 21 heavy (non-hydrogen) atoms. The van der Waals surface area contributed by atoms with Gasteiger partial charge in [0.2, 0.25) is 0 Å². The maximum absolute atomic E-state index is 11.8. The van der Waals surface area contributed by atoms with Gasteiger partial charge in [-0.1, -0.05) is 0 Å². The molecular formula is C16H29N3O2. The number of carbonyl (C=O) groups excluding carboxylic acids is 1. The van der Waals surface area contributed by atoms with Crippen molar-refractivity contribution < 1.29 is 9.53 Å². The molecule has 0 aromatic rings. The smallest absolute Gasteiger partial charge is 0.407 e. The molecule has 120 valence electrons. The maximum Gasteiger partial charge on any atom is 0.407 e. The van der Waals surface area contributed by atoms with Crippen LogP contribution in [0, 0.1) is 17.2 Å². The second kappa shape index (κ2) is 8.23. The van der Waals surface area contributed by atoms with Gasteiger partial charge >= 0.3 is 6.09 Å². The predicted molar refractivity (Wildman–Crippen MR) is 82.8 cm³/mol. The quantitative estimate of drug-likeness (QED) is 0.792. The van der Waals surface area contributed by atoms with E-state index in [1.807, 2.05) is 20.8 Å². The second-order valence-electron chi connectivity index (χ2n) is 6.88. The zero-order valence-electron chi connectivity index (χ0n) is 13.8. The van der Waals surface area contributed by atoms with Gasteiger partial charge in [0.25, 0.3) is 0 Å². The Kier molecular flexibility index (Phi) is 6.97. The van der Waals surface area contributed by atoms with E-state index >= 15 is 0 Å². The minimum absolute atomic E-state index is 0.140. The van der Waals surface area contributed by atoms with Gasteiger partial charge in [0, 0.05) is 12.5 Å². The summed E-state index contributed by atoms with van der Waals surface area (Å²) in [5, 5.41) is 11.5. The highest BCUT2D eigenvalue weighted by atomic mass is 16.6. The van der Waals surface area contributed by atoms with E-state index in [4.69, 9.17) is 10.00 Å². The molecule has 1 amide bonds. The van der Waals surface area contributed by atoms with Crippen LogP contribution < -0.4 is 5.32 Å². The number of piperidine rings is 1. The van der Waals surface area contributed by atoms with Gasteiger partial charge in [0.15, 0.2) is 0 Å². The third-order valence-corrected chi connectivity index (χ3v) is 3.85. The molecule has 0 radical (unpaired) electrons. The molecule has 0 aromatic carbocycles. The molecule has 1 rings (SSSR count). The lowest BCUT2D eigenvalue weighted by atomic mass is 9.90. The molecule has 1 aliphatic rings. The highest BCUT2D eigenvalue weighted by Crippen LogP contribution is 2.21. The highest BCUT2D eigenvalue weighted by Gasteiger charge is 2.26. The average molecular weight is 295 g/mol. The standard InChI is InChI=1S/C16H29N3O2/c1-13(18-15(20)21-16(2,3)4)14-7-11-19(12-8-14)10-6-5-9-17/h13-14H,5-8,10-12H2,1-4H3,(H,18,20). The van der Waals surface area contributed by atoms with E-state index in [-0.39, 0.29) is 12.1 Å². The van der Waals surface area contributed by atoms with Crippen molar-refractivity contribution in [3.63, 3.8) is 0 Å². The summed E-state index contributed by atoms with van der Waals surface area (Å²) in [4.78, 5) is 14.2. The summed E-state index contributed by atoms with van der Waals surface area (Å²) in [6.45, 7) is 10.8. The van der Waals surface area contributed by atoms with Crippen molar-refractivity contribution in [1.82, 2.24) is 10.2 Å². The van der Waals surface area contributed by atoms with Crippen molar-refractivity contribution >= 4 is 6.09 Å². The van der Waals surface area contributed by atoms with E-state index in [2.05, 4.69) is 23.2 Å². The lowest BCUT2D eigenvalue weighted by Gasteiger charge is -2.35. The van der Waals surface area contributed by atoms with Crippen LogP contribution in [0.15, 0.2) is 0 Å². The number of rotatable bonds is 5. The monoisotopic (exact) mass is 295 g/mol. The minimum atomic E-state index is -0.450. The number of unbranched alkanes of at least 4 members (excludes halogenated alkanes) is 1. The van der Waals surface area contributed by atoms with E-state index in [9.17, 15) is 4.79 Å². The molecular weight excluding hydrogens is 266 g/mol. The summed E-state index contributed by atoms with van der Waals surface area (Å²) >= 11 is 0. The van der Waals surface area contributed by atoms with Crippen molar-refractivity contribution in [2.45, 2.75) is 65.0 Å². The van der Waals surface area contributed by atoms with Gasteiger partial charge in [0.05, 0.1) is 6.07 Å². The Balaban J connectivity index is 2.27. The van der Waals surface area contributed by atoms with Crippen LogP contribution in [-0.4, -0.2) is 42.3 Å². The fraction of sp³-hybridized carbons (Fsp3) is 0.875. The number of likely N-dealkylation sites (tertiary alicyclic amines) is 1.